The Labute approximate surface area is 217 Å². The third-order valence-corrected chi connectivity index (χ3v) is 7.72. The number of carbonyl (C=O) groups excluding carboxylic acids is 1. The third kappa shape index (κ3) is 4.63. The minimum atomic E-state index is -0.882. The zero-order chi connectivity index (χ0) is 26.6. The number of anilines is 1. The lowest BCUT2D eigenvalue weighted by Crippen LogP contribution is -2.34. The molecular weight excluding hydrogens is 504 g/mol. The van der Waals surface area contributed by atoms with Gasteiger partial charge in [0.25, 0.3) is 5.91 Å². The monoisotopic (exact) mass is 531 g/mol. The number of likely N-dealkylation sites (tertiary alicyclic amines) is 1. The molecule has 3 atom stereocenters. The molecule has 11 heteroatoms. The first kappa shape index (κ1) is 25.4. The van der Waals surface area contributed by atoms with Crippen LogP contribution in [-0.4, -0.2) is 62.2 Å². The number of aliphatic carboxylic acids is 1. The van der Waals surface area contributed by atoms with Gasteiger partial charge in [-0.3, -0.25) is 9.59 Å². The van der Waals surface area contributed by atoms with Crippen molar-refractivity contribution >= 4 is 34.9 Å². The van der Waals surface area contributed by atoms with Gasteiger partial charge >= 0.3 is 5.97 Å². The Bertz CT molecular complexity index is 1360. The standard InChI is InChI=1S/C26H28ClF2N5O3/c1-4-5-33(13(2)3)23-10-20(14-6-18(28)25(27)19(29)7-14)30-22-9-21(31-34(22)23)26(37)32-11-16-15(8-24(35)36)17(16)12-32/h6-7,9-10,13,15-17H,4-5,8,11-12H2,1-3H3,(H,35,36)/t15?,16-,17?/m0/s1. The molecule has 1 saturated heterocycles. The van der Waals surface area contributed by atoms with Gasteiger partial charge in [-0.1, -0.05) is 18.5 Å². The van der Waals surface area contributed by atoms with Crippen molar-refractivity contribution in [3.8, 4) is 11.3 Å². The smallest absolute Gasteiger partial charge is 0.303 e. The second-order valence-electron chi connectivity index (χ2n) is 10.1. The van der Waals surface area contributed by atoms with Gasteiger partial charge in [0.05, 0.1) is 5.69 Å². The summed E-state index contributed by atoms with van der Waals surface area (Å²) in [4.78, 5) is 32.7. The summed E-state index contributed by atoms with van der Waals surface area (Å²) in [6, 6.07) is 5.66. The van der Waals surface area contributed by atoms with Crippen LogP contribution in [0, 0.1) is 29.4 Å². The number of amides is 1. The van der Waals surface area contributed by atoms with Crippen LogP contribution < -0.4 is 4.90 Å². The van der Waals surface area contributed by atoms with Crippen LogP contribution >= 0.6 is 11.6 Å². The fourth-order valence-electron chi connectivity index (χ4n) is 5.48. The predicted octanol–water partition coefficient (Wildman–Crippen LogP) is 4.75. The van der Waals surface area contributed by atoms with Crippen LogP contribution in [0.1, 0.15) is 44.1 Å². The van der Waals surface area contributed by atoms with E-state index < -0.39 is 22.6 Å². The molecule has 1 aliphatic heterocycles. The second-order valence-corrected chi connectivity index (χ2v) is 10.5. The van der Waals surface area contributed by atoms with Crippen LogP contribution in [0.15, 0.2) is 24.3 Å². The summed E-state index contributed by atoms with van der Waals surface area (Å²) in [6.07, 6.45) is 0.985. The molecule has 1 aromatic carbocycles. The molecular formula is C26H28ClF2N5O3. The van der Waals surface area contributed by atoms with Crippen LogP contribution in [0.4, 0.5) is 14.6 Å². The molecule has 0 radical (unpaired) electrons. The summed E-state index contributed by atoms with van der Waals surface area (Å²) in [5.41, 5.74) is 1.15. The van der Waals surface area contributed by atoms with Gasteiger partial charge < -0.3 is 14.9 Å². The van der Waals surface area contributed by atoms with Crippen molar-refractivity contribution in [3.63, 3.8) is 0 Å². The first-order valence-electron chi connectivity index (χ1n) is 12.4. The number of fused-ring (bicyclic) bond motifs is 2. The van der Waals surface area contributed by atoms with Crippen molar-refractivity contribution in [2.75, 3.05) is 24.5 Å². The summed E-state index contributed by atoms with van der Waals surface area (Å²) in [7, 11) is 0. The number of carboxylic acids is 1. The number of nitrogens with zero attached hydrogens (tertiary/aromatic N) is 5. The Morgan fingerprint density at radius 2 is 1.81 bits per heavy atom. The van der Waals surface area contributed by atoms with Crippen molar-refractivity contribution in [1.82, 2.24) is 19.5 Å². The maximum atomic E-state index is 14.3. The number of piperidine rings is 1. The lowest BCUT2D eigenvalue weighted by molar-refractivity contribution is -0.137. The maximum Gasteiger partial charge on any atom is 0.303 e. The number of hydrogen-bond acceptors (Lipinski definition) is 5. The van der Waals surface area contributed by atoms with E-state index in [1.54, 1.807) is 21.5 Å². The Hall–Kier alpha value is -3.27. The fraction of sp³-hybridized carbons (Fsp3) is 0.462. The molecule has 0 bridgehead atoms. The number of hydrogen-bond donors (Lipinski definition) is 1. The number of benzene rings is 1. The highest BCUT2D eigenvalue weighted by Gasteiger charge is 2.57. The minimum Gasteiger partial charge on any atom is -0.481 e. The van der Waals surface area contributed by atoms with Crippen LogP contribution in [0.3, 0.4) is 0 Å². The van der Waals surface area contributed by atoms with Gasteiger partial charge in [-0.25, -0.2) is 13.8 Å². The van der Waals surface area contributed by atoms with Gasteiger partial charge in [0.15, 0.2) is 11.3 Å². The van der Waals surface area contributed by atoms with Crippen molar-refractivity contribution < 1.29 is 23.5 Å². The second kappa shape index (κ2) is 9.55. The van der Waals surface area contributed by atoms with E-state index in [1.165, 1.54) is 0 Å². The van der Waals surface area contributed by atoms with E-state index in [2.05, 4.69) is 15.0 Å². The van der Waals surface area contributed by atoms with Crippen molar-refractivity contribution in [2.45, 2.75) is 39.7 Å². The van der Waals surface area contributed by atoms with Crippen LogP contribution in [0.2, 0.25) is 5.02 Å². The summed E-state index contributed by atoms with van der Waals surface area (Å²) in [6.45, 7) is 7.83. The van der Waals surface area contributed by atoms with Crippen LogP contribution in [-0.2, 0) is 4.79 Å². The Morgan fingerprint density at radius 3 is 2.38 bits per heavy atom. The molecule has 3 heterocycles. The maximum absolute atomic E-state index is 14.3. The summed E-state index contributed by atoms with van der Waals surface area (Å²) in [5.74, 6) is -1.60. The Balaban J connectivity index is 1.52. The third-order valence-electron chi connectivity index (χ3n) is 7.36. The van der Waals surface area contributed by atoms with E-state index in [4.69, 9.17) is 16.7 Å². The van der Waals surface area contributed by atoms with E-state index in [1.807, 2.05) is 20.8 Å². The molecule has 37 heavy (non-hydrogen) atoms. The summed E-state index contributed by atoms with van der Waals surface area (Å²) in [5, 5.41) is 13.1. The average Bonchev–Trinajstić information content (AvgIpc) is 3.20. The van der Waals surface area contributed by atoms with Crippen molar-refractivity contribution in [3.05, 3.63) is 46.6 Å². The van der Waals surface area contributed by atoms with Crippen LogP contribution in [0.25, 0.3) is 16.9 Å². The highest BCUT2D eigenvalue weighted by Crippen LogP contribution is 2.53. The Morgan fingerprint density at radius 1 is 1.16 bits per heavy atom. The summed E-state index contributed by atoms with van der Waals surface area (Å²) < 4.78 is 30.1. The van der Waals surface area contributed by atoms with E-state index in [0.29, 0.717) is 36.8 Å². The lowest BCUT2D eigenvalue weighted by Gasteiger charge is -2.29. The fourth-order valence-corrected chi connectivity index (χ4v) is 5.59. The zero-order valence-electron chi connectivity index (χ0n) is 20.8. The average molecular weight is 532 g/mol. The molecule has 2 unspecified atom stereocenters. The SMILES string of the molecule is CCCN(c1cc(-c2cc(F)c(Cl)c(F)c2)nc2cc(C(=O)N3CC4C(CC(=O)O)[C@@H]4C3)nn12)C(C)C. The minimum absolute atomic E-state index is 0.0808. The van der Waals surface area contributed by atoms with E-state index in [0.717, 1.165) is 18.6 Å². The molecule has 196 valence electrons. The molecule has 2 aliphatic rings. The van der Waals surface area contributed by atoms with Gasteiger partial charge in [-0.2, -0.15) is 9.61 Å². The molecule has 1 aliphatic carbocycles. The number of halogens is 3. The van der Waals surface area contributed by atoms with E-state index in [9.17, 15) is 18.4 Å². The number of rotatable bonds is 8. The van der Waals surface area contributed by atoms with Crippen molar-refractivity contribution in [2.24, 2.45) is 17.8 Å². The highest BCUT2D eigenvalue weighted by molar-refractivity contribution is 6.31. The molecule has 1 amide bonds. The summed E-state index contributed by atoms with van der Waals surface area (Å²) >= 11 is 5.68. The van der Waals surface area contributed by atoms with E-state index in [-0.39, 0.29) is 47.4 Å². The molecule has 3 aromatic rings. The molecule has 2 aromatic heterocycles. The molecule has 0 spiro atoms. The van der Waals surface area contributed by atoms with Gasteiger partial charge in [-0.05, 0) is 50.2 Å². The van der Waals surface area contributed by atoms with Crippen molar-refractivity contribution in [1.29, 1.82) is 0 Å². The van der Waals surface area contributed by atoms with Gasteiger partial charge in [-0.15, -0.1) is 0 Å². The number of carboxylic acid groups (broad SMARTS) is 1. The lowest BCUT2D eigenvalue weighted by atomic mass is 10.1. The van der Waals surface area contributed by atoms with Gasteiger partial charge in [0.1, 0.15) is 22.5 Å². The molecule has 1 saturated carbocycles. The quantitative estimate of drug-likeness (QED) is 0.422. The zero-order valence-corrected chi connectivity index (χ0v) is 21.5. The molecule has 1 N–H and O–H groups in total. The number of carbonyl (C=O) groups is 2. The largest absolute Gasteiger partial charge is 0.481 e. The van der Waals surface area contributed by atoms with Crippen LogP contribution in [0.5, 0.6) is 0 Å². The molecule has 8 nitrogen and oxygen atoms in total. The normalized spacial score (nSPS) is 20.5. The predicted molar refractivity (Wildman–Crippen MR) is 135 cm³/mol. The van der Waals surface area contributed by atoms with Gasteiger partial charge in [0.2, 0.25) is 0 Å². The molecule has 2 fully saturated rings. The van der Waals surface area contributed by atoms with Gasteiger partial charge in [0, 0.05) is 49.8 Å². The first-order chi connectivity index (χ1) is 17.6. The van der Waals surface area contributed by atoms with E-state index >= 15 is 0 Å². The Kier molecular flexibility index (Phi) is 6.55. The number of aromatic nitrogens is 3. The topological polar surface area (TPSA) is 91.0 Å². The highest BCUT2D eigenvalue weighted by atomic mass is 35.5. The first-order valence-corrected chi connectivity index (χ1v) is 12.8. The molecule has 5 rings (SSSR count).